The van der Waals surface area contributed by atoms with Crippen molar-refractivity contribution in [2.24, 2.45) is 7.05 Å². The summed E-state index contributed by atoms with van der Waals surface area (Å²) >= 11 is 0. The van der Waals surface area contributed by atoms with E-state index in [9.17, 15) is 4.79 Å². The molecule has 0 radical (unpaired) electrons. The Kier molecular flexibility index (Phi) is 5.40. The number of hydrogen-bond donors (Lipinski definition) is 0. The molecule has 0 unspecified atom stereocenters. The summed E-state index contributed by atoms with van der Waals surface area (Å²) in [4.78, 5) is 17.4. The van der Waals surface area contributed by atoms with Crippen LogP contribution in [-0.4, -0.2) is 84.1 Å². The average molecular weight is 386 g/mol. The number of nitrogens with zero attached hydrogens (tertiary/aromatic N) is 4. The number of hydrogen-bond acceptors (Lipinski definition) is 5. The largest absolute Gasteiger partial charge is 0.383 e. The maximum atomic E-state index is 13.1. The van der Waals surface area contributed by atoms with Crippen molar-refractivity contribution in [3.8, 4) is 0 Å². The van der Waals surface area contributed by atoms with Crippen LogP contribution < -0.4 is 0 Å². The van der Waals surface area contributed by atoms with Crippen molar-refractivity contribution < 1.29 is 14.3 Å². The molecule has 28 heavy (non-hydrogen) atoms. The first-order valence-electron chi connectivity index (χ1n) is 10.1. The molecule has 0 saturated carbocycles. The molecule has 1 amide bonds. The van der Waals surface area contributed by atoms with E-state index in [1.165, 1.54) is 0 Å². The van der Waals surface area contributed by atoms with E-state index >= 15 is 0 Å². The number of rotatable bonds is 5. The SMILES string of the molecule is COCCN(C)[C@@H]1COC2(CCN(C(=O)c3nn(C)c4ccccc34)CC2)C1. The van der Waals surface area contributed by atoms with Gasteiger partial charge in [-0.15, -0.1) is 0 Å². The first-order valence-corrected chi connectivity index (χ1v) is 10.1. The van der Waals surface area contributed by atoms with Crippen LogP contribution in [-0.2, 0) is 16.5 Å². The Morgan fingerprint density at radius 2 is 2.11 bits per heavy atom. The number of aromatic nitrogens is 2. The van der Waals surface area contributed by atoms with Crippen molar-refractivity contribution >= 4 is 16.8 Å². The third-order valence-electron chi connectivity index (χ3n) is 6.38. The van der Waals surface area contributed by atoms with Crippen LogP contribution in [0.25, 0.3) is 10.9 Å². The van der Waals surface area contributed by atoms with Crippen molar-refractivity contribution in [1.82, 2.24) is 19.6 Å². The summed E-state index contributed by atoms with van der Waals surface area (Å²) in [5.74, 6) is 0.0263. The van der Waals surface area contributed by atoms with Gasteiger partial charge in [0.15, 0.2) is 5.69 Å². The lowest BCUT2D eigenvalue weighted by molar-refractivity contribution is -0.0394. The predicted octanol–water partition coefficient (Wildman–Crippen LogP) is 1.92. The highest BCUT2D eigenvalue weighted by Gasteiger charge is 2.44. The predicted molar refractivity (Wildman–Crippen MR) is 107 cm³/mol. The molecule has 2 fully saturated rings. The quantitative estimate of drug-likeness (QED) is 0.786. The molecule has 152 valence electrons. The minimum absolute atomic E-state index is 0.0263. The van der Waals surface area contributed by atoms with Gasteiger partial charge in [-0.1, -0.05) is 18.2 Å². The van der Waals surface area contributed by atoms with Gasteiger partial charge < -0.3 is 14.4 Å². The van der Waals surface area contributed by atoms with Crippen molar-refractivity contribution in [2.45, 2.75) is 30.9 Å². The number of likely N-dealkylation sites (N-methyl/N-ethyl adjacent to an activating group) is 1. The molecule has 3 heterocycles. The summed E-state index contributed by atoms with van der Waals surface area (Å²) in [5.41, 5.74) is 1.45. The number of methoxy groups -OCH3 is 1. The highest BCUT2D eigenvalue weighted by molar-refractivity contribution is 6.04. The summed E-state index contributed by atoms with van der Waals surface area (Å²) in [6.45, 7) is 3.85. The Hall–Kier alpha value is -1.96. The van der Waals surface area contributed by atoms with Crippen molar-refractivity contribution in [3.63, 3.8) is 0 Å². The van der Waals surface area contributed by atoms with Crippen LogP contribution in [0.3, 0.4) is 0 Å². The lowest BCUT2D eigenvalue weighted by Crippen LogP contribution is -2.47. The number of ether oxygens (including phenoxy) is 2. The molecule has 2 aliphatic rings. The van der Waals surface area contributed by atoms with Crippen LogP contribution in [0.4, 0.5) is 0 Å². The van der Waals surface area contributed by atoms with Gasteiger partial charge in [0.1, 0.15) is 0 Å². The molecule has 2 aliphatic heterocycles. The Balaban J connectivity index is 1.40. The number of aryl methyl sites for hydroxylation is 1. The topological polar surface area (TPSA) is 59.8 Å². The third kappa shape index (κ3) is 3.54. The van der Waals surface area contributed by atoms with Gasteiger partial charge in [-0.3, -0.25) is 14.4 Å². The number of likely N-dealkylation sites (tertiary alicyclic amines) is 1. The van der Waals surface area contributed by atoms with Gasteiger partial charge in [0, 0.05) is 45.2 Å². The van der Waals surface area contributed by atoms with E-state index in [1.807, 2.05) is 36.2 Å². The van der Waals surface area contributed by atoms with E-state index in [1.54, 1.807) is 11.8 Å². The molecule has 7 nitrogen and oxygen atoms in total. The summed E-state index contributed by atoms with van der Waals surface area (Å²) in [6.07, 6.45) is 2.80. The van der Waals surface area contributed by atoms with E-state index in [0.717, 1.165) is 63.0 Å². The summed E-state index contributed by atoms with van der Waals surface area (Å²) in [5, 5.41) is 5.42. The van der Waals surface area contributed by atoms with Crippen LogP contribution in [0, 0.1) is 0 Å². The molecule has 0 bridgehead atoms. The fraction of sp³-hybridized carbons (Fsp3) is 0.619. The Morgan fingerprint density at radius 1 is 1.36 bits per heavy atom. The number of carbonyl (C=O) groups is 1. The molecule has 2 aromatic rings. The van der Waals surface area contributed by atoms with Gasteiger partial charge in [0.05, 0.1) is 24.3 Å². The number of piperidine rings is 1. The van der Waals surface area contributed by atoms with Crippen LogP contribution >= 0.6 is 0 Å². The molecule has 4 rings (SSSR count). The highest BCUT2D eigenvalue weighted by Crippen LogP contribution is 2.37. The zero-order chi connectivity index (χ0) is 19.7. The highest BCUT2D eigenvalue weighted by atomic mass is 16.5. The van der Waals surface area contributed by atoms with E-state index in [0.29, 0.717) is 11.7 Å². The van der Waals surface area contributed by atoms with Crippen LogP contribution in [0.1, 0.15) is 29.8 Å². The second-order valence-corrected chi connectivity index (χ2v) is 8.11. The normalized spacial score (nSPS) is 21.9. The fourth-order valence-electron chi connectivity index (χ4n) is 4.51. The van der Waals surface area contributed by atoms with Gasteiger partial charge in [-0.05, 0) is 32.4 Å². The molecule has 0 N–H and O–H groups in total. The Labute approximate surface area is 166 Å². The van der Waals surface area contributed by atoms with Gasteiger partial charge in [-0.25, -0.2) is 0 Å². The average Bonchev–Trinajstić information content (AvgIpc) is 3.28. The van der Waals surface area contributed by atoms with Crippen LogP contribution in [0.15, 0.2) is 24.3 Å². The molecular weight excluding hydrogens is 356 g/mol. The number of carbonyl (C=O) groups excluding carboxylic acids is 1. The molecule has 1 aromatic carbocycles. The molecule has 7 heteroatoms. The lowest BCUT2D eigenvalue weighted by atomic mass is 9.87. The summed E-state index contributed by atoms with van der Waals surface area (Å²) in [7, 11) is 5.76. The Bertz CT molecular complexity index is 841. The van der Waals surface area contributed by atoms with Crippen LogP contribution in [0.2, 0.25) is 0 Å². The monoisotopic (exact) mass is 386 g/mol. The summed E-state index contributed by atoms with van der Waals surface area (Å²) in [6, 6.07) is 8.33. The summed E-state index contributed by atoms with van der Waals surface area (Å²) < 4.78 is 13.2. The maximum Gasteiger partial charge on any atom is 0.275 e. The number of fused-ring (bicyclic) bond motifs is 1. The van der Waals surface area contributed by atoms with E-state index in [4.69, 9.17) is 9.47 Å². The van der Waals surface area contributed by atoms with Gasteiger partial charge in [0.25, 0.3) is 5.91 Å². The molecule has 1 atom stereocenters. The maximum absolute atomic E-state index is 13.1. The number of benzene rings is 1. The van der Waals surface area contributed by atoms with E-state index < -0.39 is 0 Å². The van der Waals surface area contributed by atoms with E-state index in [2.05, 4.69) is 17.0 Å². The first kappa shape index (κ1) is 19.4. The van der Waals surface area contributed by atoms with E-state index in [-0.39, 0.29) is 11.5 Å². The molecule has 1 spiro atoms. The minimum Gasteiger partial charge on any atom is -0.383 e. The molecule has 2 saturated heterocycles. The fourth-order valence-corrected chi connectivity index (χ4v) is 4.51. The second kappa shape index (κ2) is 7.81. The zero-order valence-electron chi connectivity index (χ0n) is 17.1. The van der Waals surface area contributed by atoms with Crippen molar-refractivity contribution in [3.05, 3.63) is 30.0 Å². The zero-order valence-corrected chi connectivity index (χ0v) is 17.1. The van der Waals surface area contributed by atoms with Crippen molar-refractivity contribution in [1.29, 1.82) is 0 Å². The van der Waals surface area contributed by atoms with Gasteiger partial charge >= 0.3 is 0 Å². The number of para-hydroxylation sites is 1. The van der Waals surface area contributed by atoms with Gasteiger partial charge in [-0.2, -0.15) is 5.10 Å². The van der Waals surface area contributed by atoms with Crippen LogP contribution in [0.5, 0.6) is 0 Å². The third-order valence-corrected chi connectivity index (χ3v) is 6.38. The first-order chi connectivity index (χ1) is 13.5. The smallest absolute Gasteiger partial charge is 0.275 e. The standard InChI is InChI=1S/C21H30N4O3/c1-23(12-13-27-3)16-14-21(28-15-16)8-10-25(11-9-21)20(26)19-17-6-4-5-7-18(17)24(2)22-19/h4-7,16H,8-15H2,1-3H3/t16-/m0/s1. The lowest BCUT2D eigenvalue weighted by Gasteiger charge is -2.38. The number of amides is 1. The molecule has 0 aliphatic carbocycles. The van der Waals surface area contributed by atoms with Crippen molar-refractivity contribution in [2.75, 3.05) is 47.0 Å². The van der Waals surface area contributed by atoms with Gasteiger partial charge in [0.2, 0.25) is 0 Å². The minimum atomic E-state index is -0.0883. The molecular formula is C21H30N4O3. The molecule has 1 aromatic heterocycles. The second-order valence-electron chi connectivity index (χ2n) is 8.11. The Morgan fingerprint density at radius 3 is 2.86 bits per heavy atom.